The van der Waals surface area contributed by atoms with Gasteiger partial charge in [-0.25, -0.2) is 0 Å². The number of aromatic amines is 4. The van der Waals surface area contributed by atoms with Crippen LogP contribution in [0.3, 0.4) is 0 Å². The summed E-state index contributed by atoms with van der Waals surface area (Å²) in [4.78, 5) is 35.5. The van der Waals surface area contributed by atoms with Crippen molar-refractivity contribution in [2.45, 2.75) is 0 Å². The molecule has 4 aromatic heterocycles. The van der Waals surface area contributed by atoms with E-state index in [1.54, 1.807) is 12.1 Å². The monoisotopic (exact) mass is 586 g/mol. The summed E-state index contributed by atoms with van der Waals surface area (Å²) < 4.78 is 0. The molecule has 1 aliphatic rings. The molecule has 5 heterocycles. The van der Waals surface area contributed by atoms with Crippen molar-refractivity contribution in [1.82, 2.24) is 19.9 Å². The van der Waals surface area contributed by atoms with Gasteiger partial charge in [0, 0.05) is 67.5 Å². The second-order valence-electron chi connectivity index (χ2n) is 10.3. The van der Waals surface area contributed by atoms with E-state index in [0.29, 0.717) is 44.4 Å². The Morgan fingerprint density at radius 3 is 1.36 bits per heavy atom. The molecule has 1 aliphatic heterocycles. The van der Waals surface area contributed by atoms with Crippen LogP contribution in [-0.2, 0) is 0 Å². The van der Waals surface area contributed by atoms with E-state index in [9.17, 15) is 30.4 Å². The van der Waals surface area contributed by atoms with Crippen molar-refractivity contribution in [3.8, 4) is 11.5 Å². The lowest BCUT2D eigenvalue weighted by Crippen LogP contribution is -2.16. The van der Waals surface area contributed by atoms with Crippen LogP contribution in [0.15, 0.2) is 84.9 Å². The molecule has 44 heavy (non-hydrogen) atoms. The van der Waals surface area contributed by atoms with Gasteiger partial charge in [0.2, 0.25) is 0 Å². The van der Waals surface area contributed by atoms with Crippen molar-refractivity contribution >= 4 is 34.7 Å². The molecular weight excluding hydrogens is 564 g/mol. The van der Waals surface area contributed by atoms with Gasteiger partial charge < -0.3 is 30.1 Å². The van der Waals surface area contributed by atoms with Gasteiger partial charge in [-0.15, -0.1) is 0 Å². The zero-order valence-electron chi connectivity index (χ0n) is 22.7. The number of phenols is 2. The summed E-state index contributed by atoms with van der Waals surface area (Å²) in [5.41, 5.74) is 4.47. The maximum Gasteiger partial charge on any atom is 0.311 e. The normalized spacial score (nSPS) is 12.5. The smallest absolute Gasteiger partial charge is 0.311 e. The van der Waals surface area contributed by atoms with Crippen LogP contribution in [0.2, 0.25) is 0 Å². The molecule has 0 saturated heterocycles. The number of nitro benzene ring substituents is 2. The predicted octanol–water partition coefficient (Wildman–Crippen LogP) is 2.69. The first-order valence-electron chi connectivity index (χ1n) is 13.4. The number of fused-ring (bicyclic) bond motifs is 8. The van der Waals surface area contributed by atoms with Crippen LogP contribution in [0.1, 0.15) is 33.9 Å². The minimum Gasteiger partial charge on any atom is -0.502 e. The van der Waals surface area contributed by atoms with Crippen LogP contribution in [0.5, 0.6) is 11.5 Å². The average molecular weight is 587 g/mol. The van der Waals surface area contributed by atoms with Crippen molar-refractivity contribution in [2.75, 3.05) is 0 Å². The molecule has 0 amide bonds. The Morgan fingerprint density at radius 1 is 0.523 bits per heavy atom. The van der Waals surface area contributed by atoms with E-state index in [2.05, 4.69) is 19.9 Å². The van der Waals surface area contributed by atoms with Crippen LogP contribution < -0.4 is 21.4 Å². The summed E-state index contributed by atoms with van der Waals surface area (Å²) in [6.07, 6.45) is 3.78. The summed E-state index contributed by atoms with van der Waals surface area (Å²) >= 11 is 0. The molecule has 216 valence electrons. The molecule has 0 atom stereocenters. The van der Waals surface area contributed by atoms with Gasteiger partial charge in [-0.3, -0.25) is 20.2 Å². The zero-order valence-corrected chi connectivity index (χ0v) is 22.7. The summed E-state index contributed by atoms with van der Waals surface area (Å²) in [6.45, 7) is 0. The third-order valence-electron chi connectivity index (χ3n) is 7.46. The highest BCUT2D eigenvalue weighted by molar-refractivity contribution is 5.81. The van der Waals surface area contributed by atoms with E-state index < -0.39 is 32.7 Å². The number of nitrogens with one attached hydrogen (secondary N) is 4. The SMILES string of the molecule is O=[N+]([O-])c1cc(C2=c3ccc([nH]3)=Cc3ccc([nH]3)C(c3ccc(O)c([N+](=O)[O-])c3)=c3ccc([nH]3)=Cc3ccc2[nH]3)ccc1O. The molecule has 0 radical (unpaired) electrons. The van der Waals surface area contributed by atoms with E-state index >= 15 is 0 Å². The number of rotatable bonds is 4. The van der Waals surface area contributed by atoms with E-state index in [1.165, 1.54) is 24.3 Å². The first-order valence-corrected chi connectivity index (χ1v) is 13.4. The molecule has 0 fully saturated rings. The van der Waals surface area contributed by atoms with Crippen molar-refractivity contribution < 1.29 is 20.1 Å². The van der Waals surface area contributed by atoms with Crippen LogP contribution >= 0.6 is 0 Å². The van der Waals surface area contributed by atoms with E-state index in [4.69, 9.17) is 0 Å². The standard InChI is InChI=1S/C32H22N6O6/c39-29-11-1-17(13-27(29)37(41)42)31-23-7-3-19(33-23)15-21-5-9-25(35-21)32(18-2-12-30(40)28(14-18)38(43)44)26-10-6-22(36-26)16-20-4-8-24(31)34-20/h1-16,33-36,39-40H. The Hall–Kier alpha value is -6.56. The second kappa shape index (κ2) is 10.1. The number of nitrogens with zero attached hydrogens (tertiary/aromatic N) is 2. The fraction of sp³-hybridized carbons (Fsp3) is 0. The molecule has 12 heteroatoms. The Morgan fingerprint density at radius 2 is 0.955 bits per heavy atom. The third kappa shape index (κ3) is 4.61. The maximum absolute atomic E-state index is 11.6. The van der Waals surface area contributed by atoms with Gasteiger partial charge in [0.25, 0.3) is 0 Å². The lowest BCUT2D eigenvalue weighted by molar-refractivity contribution is -0.386. The van der Waals surface area contributed by atoms with Crippen LogP contribution in [0.25, 0.3) is 23.3 Å². The molecule has 0 aliphatic carbocycles. The second-order valence-corrected chi connectivity index (χ2v) is 10.3. The highest BCUT2D eigenvalue weighted by Gasteiger charge is 2.19. The summed E-state index contributed by atoms with van der Waals surface area (Å²) in [5.74, 6) is -0.839. The molecule has 0 spiro atoms. The molecule has 6 N–H and O–H groups in total. The number of nitro groups is 2. The topological polar surface area (TPSA) is 190 Å². The molecule has 12 nitrogen and oxygen atoms in total. The van der Waals surface area contributed by atoms with Crippen molar-refractivity contribution in [3.63, 3.8) is 0 Å². The molecule has 7 rings (SSSR count). The Kier molecular flexibility index (Phi) is 6.03. The van der Waals surface area contributed by atoms with Gasteiger partial charge in [-0.05, 0) is 83.9 Å². The highest BCUT2D eigenvalue weighted by Crippen LogP contribution is 2.32. The maximum atomic E-state index is 11.6. The van der Waals surface area contributed by atoms with Crippen molar-refractivity contribution in [3.05, 3.63) is 160 Å². The van der Waals surface area contributed by atoms with Gasteiger partial charge >= 0.3 is 11.4 Å². The molecule has 0 saturated carbocycles. The van der Waals surface area contributed by atoms with E-state index in [-0.39, 0.29) is 0 Å². The third-order valence-corrected chi connectivity index (χ3v) is 7.46. The van der Waals surface area contributed by atoms with Crippen molar-refractivity contribution in [2.24, 2.45) is 0 Å². The lowest BCUT2D eigenvalue weighted by Gasteiger charge is -2.07. The molecular formula is C32H22N6O6. The Labute approximate surface area is 246 Å². The number of benzene rings is 2. The zero-order chi connectivity index (χ0) is 30.5. The number of hydrogen-bond acceptors (Lipinski definition) is 6. The quantitative estimate of drug-likeness (QED) is 0.136. The molecule has 0 unspecified atom stereocenters. The number of H-pyrrole nitrogens is 4. The largest absolute Gasteiger partial charge is 0.502 e. The van der Waals surface area contributed by atoms with Gasteiger partial charge in [0.15, 0.2) is 11.5 Å². The van der Waals surface area contributed by atoms with Crippen LogP contribution in [0.4, 0.5) is 11.4 Å². The fourth-order valence-electron chi connectivity index (χ4n) is 5.47. The van der Waals surface area contributed by atoms with Gasteiger partial charge in [0.05, 0.1) is 9.85 Å². The van der Waals surface area contributed by atoms with E-state index in [0.717, 1.165) is 22.1 Å². The first kappa shape index (κ1) is 26.3. The number of aromatic nitrogens is 4. The van der Waals surface area contributed by atoms with Crippen LogP contribution in [0, 0.1) is 20.2 Å². The van der Waals surface area contributed by atoms with Gasteiger partial charge in [-0.1, -0.05) is 12.1 Å². The highest BCUT2D eigenvalue weighted by atomic mass is 16.6. The average Bonchev–Trinajstić information content (AvgIpc) is 3.81. The van der Waals surface area contributed by atoms with E-state index in [1.807, 2.05) is 60.7 Å². The first-order chi connectivity index (χ1) is 21.2. The Balaban J connectivity index is 1.49. The lowest BCUT2D eigenvalue weighted by atomic mass is 10.0. The number of phenolic OH excluding ortho intramolecular Hbond substituents is 2. The summed E-state index contributed by atoms with van der Waals surface area (Å²) in [7, 11) is 0. The van der Waals surface area contributed by atoms with Crippen molar-refractivity contribution in [1.29, 1.82) is 0 Å². The number of hydrogen-bond donors (Lipinski definition) is 6. The van der Waals surface area contributed by atoms with Gasteiger partial charge in [-0.2, -0.15) is 0 Å². The summed E-state index contributed by atoms with van der Waals surface area (Å²) in [6, 6.07) is 23.6. The molecule has 2 aromatic carbocycles. The summed E-state index contributed by atoms with van der Waals surface area (Å²) in [5, 5.41) is 46.2. The minimum atomic E-state index is -0.621. The molecule has 8 bridgehead atoms. The number of aromatic hydroxyl groups is 2. The van der Waals surface area contributed by atoms with Crippen LogP contribution in [-0.4, -0.2) is 40.0 Å². The van der Waals surface area contributed by atoms with Gasteiger partial charge in [0.1, 0.15) is 0 Å². The minimum absolute atomic E-state index is 0.400. The Bertz CT molecular complexity index is 2220. The molecule has 6 aromatic rings. The predicted molar refractivity (Wildman–Crippen MR) is 162 cm³/mol. The fourth-order valence-corrected chi connectivity index (χ4v) is 5.47.